The Balaban J connectivity index is 0.000000192. The van der Waals surface area contributed by atoms with Gasteiger partial charge in [-0.05, 0) is 67.1 Å². The highest BCUT2D eigenvalue weighted by atomic mass is 35.5. The van der Waals surface area contributed by atoms with Crippen molar-refractivity contribution < 1.29 is 31.5 Å². The summed E-state index contributed by atoms with van der Waals surface area (Å²) in [6.45, 7) is 8.35. The van der Waals surface area contributed by atoms with Gasteiger partial charge < -0.3 is 19.5 Å². The van der Waals surface area contributed by atoms with E-state index in [1.807, 2.05) is 0 Å². The van der Waals surface area contributed by atoms with Crippen molar-refractivity contribution in [2.45, 2.75) is 34.8 Å². The smallest absolute Gasteiger partial charge is 0.266 e. The number of carbonyl (C=O) groups excluding carboxylic acids is 2. The number of benzene rings is 3. The Morgan fingerprint density at radius 1 is 0.733 bits per heavy atom. The summed E-state index contributed by atoms with van der Waals surface area (Å²) >= 11 is 14.7. The SMILES string of the molecule is C=CCN(c1nccs1)S(=O)(=O)c1ccc(N2CCC(n3cnc4cc(Cl)c(Cl)cc43)C2=O)cc1.C=CCN(c1nccs1)S(=O)(=O)c1ccc(N2CC[C@@H](O)C2=O)cc1. The average Bonchev–Trinajstić information content (AvgIpc) is 4.11. The fourth-order valence-corrected chi connectivity index (χ4v) is 11.5. The van der Waals surface area contributed by atoms with E-state index in [1.54, 1.807) is 75.3 Å². The summed E-state index contributed by atoms with van der Waals surface area (Å²) in [5, 5.41) is 14.5. The van der Waals surface area contributed by atoms with Crippen LogP contribution in [0.15, 0.2) is 125 Å². The maximum Gasteiger partial charge on any atom is 0.266 e. The zero-order chi connectivity index (χ0) is 42.8. The number of imidazole rings is 1. The van der Waals surface area contributed by atoms with Gasteiger partial charge in [-0.3, -0.25) is 9.59 Å². The number of aromatic nitrogens is 4. The van der Waals surface area contributed by atoms with Crippen LogP contribution in [0.1, 0.15) is 18.9 Å². The molecule has 6 aromatic rings. The summed E-state index contributed by atoms with van der Waals surface area (Å²) in [4.78, 5) is 41.0. The van der Waals surface area contributed by atoms with E-state index in [1.165, 1.54) is 72.6 Å². The van der Waals surface area contributed by atoms with Gasteiger partial charge >= 0.3 is 0 Å². The summed E-state index contributed by atoms with van der Waals surface area (Å²) in [5.41, 5.74) is 2.56. The zero-order valence-electron chi connectivity index (χ0n) is 31.5. The molecule has 5 heterocycles. The van der Waals surface area contributed by atoms with E-state index in [0.717, 1.165) is 5.52 Å². The van der Waals surface area contributed by atoms with E-state index >= 15 is 0 Å². The second-order valence-corrected chi connectivity index (χ2v) is 19.5. The maximum atomic E-state index is 13.3. The first-order valence-electron chi connectivity index (χ1n) is 18.1. The number of carbonyl (C=O) groups is 2. The normalized spacial score (nSPS) is 16.9. The Bertz CT molecular complexity index is 2750. The van der Waals surface area contributed by atoms with E-state index in [4.69, 9.17) is 23.2 Å². The molecule has 2 aliphatic heterocycles. The van der Waals surface area contributed by atoms with Gasteiger partial charge in [-0.2, -0.15) is 0 Å². The fourth-order valence-electron chi connectivity index (χ4n) is 6.69. The van der Waals surface area contributed by atoms with Gasteiger partial charge in [0.25, 0.3) is 26.0 Å². The van der Waals surface area contributed by atoms with Crippen LogP contribution >= 0.6 is 45.9 Å². The van der Waals surface area contributed by atoms with Gasteiger partial charge in [0.15, 0.2) is 10.3 Å². The van der Waals surface area contributed by atoms with Crippen LogP contribution in [0.5, 0.6) is 0 Å². The largest absolute Gasteiger partial charge is 0.383 e. The Labute approximate surface area is 364 Å². The number of fused-ring (bicyclic) bond motifs is 1. The quantitative estimate of drug-likeness (QED) is 0.121. The minimum atomic E-state index is -3.85. The van der Waals surface area contributed by atoms with Gasteiger partial charge in [-0.25, -0.2) is 40.4 Å². The molecule has 2 amide bonds. The molecular formula is C39H36Cl2N8O7S4. The van der Waals surface area contributed by atoms with E-state index in [2.05, 4.69) is 28.1 Å². The molecule has 2 atom stereocenters. The predicted molar refractivity (Wildman–Crippen MR) is 235 cm³/mol. The van der Waals surface area contributed by atoms with Gasteiger partial charge in [0.05, 0.1) is 50.3 Å². The standard InChI is InChI=1S/C23H19Cl2N5O3S2.C16H17N3O4S2/c1-2-9-30(23-26-8-11-34-23)35(32,33)16-5-3-15(4-6-16)28-10-7-20(22(28)31)29-14-27-19-12-17(24)18(25)13-21(19)29;1-2-9-19(16-17-8-11-24-16)25(22,23)13-5-3-12(4-6-13)18-10-7-14(20)15(18)21/h2-6,8,11-14,20H,1,7,9-10H2;2-6,8,11,14,20H,1,7,9-10H2/t;14-/m.1/s1. The van der Waals surface area contributed by atoms with Crippen molar-refractivity contribution in [2.75, 3.05) is 44.6 Å². The molecule has 1 unspecified atom stereocenters. The number of anilines is 4. The Morgan fingerprint density at radius 3 is 1.67 bits per heavy atom. The minimum absolute atomic E-state index is 0.0952. The van der Waals surface area contributed by atoms with Crippen LogP contribution in [0.3, 0.4) is 0 Å². The lowest BCUT2D eigenvalue weighted by atomic mass is 10.2. The zero-order valence-corrected chi connectivity index (χ0v) is 36.3. The third kappa shape index (κ3) is 8.43. The molecule has 1 N–H and O–H groups in total. The van der Waals surface area contributed by atoms with Crippen molar-refractivity contribution in [3.63, 3.8) is 0 Å². The van der Waals surface area contributed by atoms with Gasteiger partial charge in [0, 0.05) is 54.0 Å². The lowest BCUT2D eigenvalue weighted by Gasteiger charge is -2.21. The second-order valence-electron chi connectivity index (χ2n) is 13.3. The molecule has 0 spiro atoms. The van der Waals surface area contributed by atoms with E-state index in [9.17, 15) is 31.5 Å². The monoisotopic (exact) mass is 926 g/mol. The van der Waals surface area contributed by atoms with Gasteiger partial charge in [0.1, 0.15) is 12.1 Å². The molecule has 0 aliphatic carbocycles. The summed E-state index contributed by atoms with van der Waals surface area (Å²) in [5.74, 6) is -0.478. The highest BCUT2D eigenvalue weighted by Crippen LogP contribution is 2.35. The number of sulfonamides is 2. The van der Waals surface area contributed by atoms with Crippen molar-refractivity contribution in [3.05, 3.63) is 125 Å². The molecule has 2 fully saturated rings. The topological polar surface area (TPSA) is 179 Å². The Morgan fingerprint density at radius 2 is 1.22 bits per heavy atom. The molecule has 312 valence electrons. The number of hydrogen-bond donors (Lipinski definition) is 1. The maximum absolute atomic E-state index is 13.3. The van der Waals surface area contributed by atoms with Crippen LogP contribution in [-0.2, 0) is 29.6 Å². The second kappa shape index (κ2) is 17.8. The van der Waals surface area contributed by atoms with Crippen molar-refractivity contribution in [3.8, 4) is 0 Å². The number of aliphatic hydroxyl groups is 1. The van der Waals surface area contributed by atoms with Crippen molar-refractivity contribution in [1.82, 2.24) is 19.5 Å². The molecule has 60 heavy (non-hydrogen) atoms. The lowest BCUT2D eigenvalue weighted by Crippen LogP contribution is -2.31. The number of nitrogens with zero attached hydrogens (tertiary/aromatic N) is 8. The molecule has 3 aromatic carbocycles. The highest BCUT2D eigenvalue weighted by Gasteiger charge is 2.36. The number of thiazole rings is 2. The van der Waals surface area contributed by atoms with E-state index < -0.39 is 32.2 Å². The molecule has 0 saturated carbocycles. The van der Waals surface area contributed by atoms with Gasteiger partial charge in [-0.15, -0.1) is 35.8 Å². The third-order valence-electron chi connectivity index (χ3n) is 9.64. The number of aliphatic hydroxyl groups excluding tert-OH is 1. The van der Waals surface area contributed by atoms with Crippen LogP contribution in [-0.4, -0.2) is 85.6 Å². The fraction of sp³-hybridized carbons (Fsp3) is 0.205. The van der Waals surface area contributed by atoms with Gasteiger partial charge in [-0.1, -0.05) is 35.4 Å². The van der Waals surface area contributed by atoms with E-state index in [-0.39, 0.29) is 34.7 Å². The van der Waals surface area contributed by atoms with Crippen molar-refractivity contribution in [2.24, 2.45) is 0 Å². The average molecular weight is 928 g/mol. The molecule has 2 aliphatic rings. The van der Waals surface area contributed by atoms with Gasteiger partial charge in [0.2, 0.25) is 5.91 Å². The molecule has 0 radical (unpaired) electrons. The summed E-state index contributed by atoms with van der Waals surface area (Å²) in [6, 6.07) is 15.3. The van der Waals surface area contributed by atoms with Crippen LogP contribution in [0.25, 0.3) is 11.0 Å². The molecule has 2 saturated heterocycles. The van der Waals surface area contributed by atoms with Crippen LogP contribution in [0.2, 0.25) is 10.0 Å². The summed E-state index contributed by atoms with van der Waals surface area (Å²) < 4.78 is 56.5. The van der Waals surface area contributed by atoms with Crippen LogP contribution in [0.4, 0.5) is 21.6 Å². The predicted octanol–water partition coefficient (Wildman–Crippen LogP) is 6.78. The highest BCUT2D eigenvalue weighted by molar-refractivity contribution is 7.93. The molecule has 3 aromatic heterocycles. The third-order valence-corrected chi connectivity index (χ3v) is 15.7. The molecule has 15 nitrogen and oxygen atoms in total. The Hall–Kier alpha value is -5.15. The first-order valence-corrected chi connectivity index (χ1v) is 23.5. The van der Waals surface area contributed by atoms with E-state index in [0.29, 0.717) is 63.1 Å². The number of hydrogen-bond acceptors (Lipinski definition) is 12. The Kier molecular flexibility index (Phi) is 12.8. The first-order chi connectivity index (χ1) is 28.8. The molecule has 21 heteroatoms. The van der Waals surface area contributed by atoms with Crippen LogP contribution < -0.4 is 18.4 Å². The molecule has 8 rings (SSSR count). The van der Waals surface area contributed by atoms with Crippen molar-refractivity contribution in [1.29, 1.82) is 0 Å². The minimum Gasteiger partial charge on any atom is -0.383 e. The summed E-state index contributed by atoms with van der Waals surface area (Å²) in [6.07, 6.45) is 7.67. The first kappa shape index (κ1) is 43.0. The summed E-state index contributed by atoms with van der Waals surface area (Å²) in [7, 11) is -7.64. The number of amides is 2. The van der Waals surface area contributed by atoms with Crippen LogP contribution in [0, 0.1) is 0 Å². The lowest BCUT2D eigenvalue weighted by molar-refractivity contribution is -0.124. The molecular weight excluding hydrogens is 892 g/mol. The number of halogens is 2. The number of rotatable bonds is 13. The van der Waals surface area contributed by atoms with Crippen molar-refractivity contribution >= 4 is 110 Å². The molecule has 0 bridgehead atoms.